The van der Waals surface area contributed by atoms with Crippen molar-refractivity contribution < 1.29 is 14.6 Å². The Bertz CT molecular complexity index is 465. The summed E-state index contributed by atoms with van der Waals surface area (Å²) in [4.78, 5) is 14.2. The number of rotatable bonds is 8. The van der Waals surface area contributed by atoms with Gasteiger partial charge in [0.25, 0.3) is 0 Å². The van der Waals surface area contributed by atoms with Crippen LogP contribution in [-0.4, -0.2) is 55.4 Å². The van der Waals surface area contributed by atoms with E-state index in [9.17, 15) is 4.79 Å². The van der Waals surface area contributed by atoms with Crippen LogP contribution in [0, 0.1) is 6.92 Å². The van der Waals surface area contributed by atoms with Crippen molar-refractivity contribution in [3.05, 3.63) is 23.8 Å². The average molecular weight is 295 g/mol. The quantitative estimate of drug-likeness (QED) is 0.619. The molecule has 0 radical (unpaired) electrons. The van der Waals surface area contributed by atoms with Gasteiger partial charge in [-0.05, 0) is 37.6 Å². The Morgan fingerprint density at radius 3 is 2.76 bits per heavy atom. The first-order chi connectivity index (χ1) is 9.99. The average Bonchev–Trinajstić information content (AvgIpc) is 2.45. The standard InChI is InChI=1S/C15H25N3O3/c1-11-10-13(16)4-5-14(11)17-15(20)12(2)18(6-8-19)7-9-21-3/h4-5,10,12,19H,6-9,16H2,1-3H3,(H,17,20). The van der Waals surface area contributed by atoms with Crippen LogP contribution in [0.1, 0.15) is 12.5 Å². The molecule has 0 heterocycles. The molecule has 6 nitrogen and oxygen atoms in total. The Morgan fingerprint density at radius 2 is 2.19 bits per heavy atom. The summed E-state index contributed by atoms with van der Waals surface area (Å²) in [5, 5.41) is 12.0. The van der Waals surface area contributed by atoms with Gasteiger partial charge < -0.3 is 20.9 Å². The molecule has 21 heavy (non-hydrogen) atoms. The number of amides is 1. The van der Waals surface area contributed by atoms with Crippen molar-refractivity contribution in [2.75, 3.05) is 44.5 Å². The molecule has 1 amide bonds. The number of hydrogen-bond acceptors (Lipinski definition) is 5. The first-order valence-corrected chi connectivity index (χ1v) is 7.00. The maximum absolute atomic E-state index is 12.3. The second kappa shape index (κ2) is 8.61. The summed E-state index contributed by atoms with van der Waals surface area (Å²) in [5.74, 6) is -0.118. The summed E-state index contributed by atoms with van der Waals surface area (Å²) in [5.41, 5.74) is 8.03. The first-order valence-electron chi connectivity index (χ1n) is 7.00. The number of hydrogen-bond donors (Lipinski definition) is 3. The van der Waals surface area contributed by atoms with Crippen LogP contribution in [0.15, 0.2) is 18.2 Å². The Labute approximate surface area is 125 Å². The lowest BCUT2D eigenvalue weighted by atomic mass is 10.1. The van der Waals surface area contributed by atoms with Crippen molar-refractivity contribution >= 4 is 17.3 Å². The molecule has 0 fully saturated rings. The minimum Gasteiger partial charge on any atom is -0.399 e. The van der Waals surface area contributed by atoms with Gasteiger partial charge in [0.2, 0.25) is 5.91 Å². The third kappa shape index (κ3) is 5.34. The molecular weight excluding hydrogens is 270 g/mol. The molecule has 0 aliphatic rings. The van der Waals surface area contributed by atoms with Crippen molar-refractivity contribution in [3.63, 3.8) is 0 Å². The zero-order valence-corrected chi connectivity index (χ0v) is 12.9. The fraction of sp³-hybridized carbons (Fsp3) is 0.533. The molecule has 0 aliphatic heterocycles. The molecule has 118 valence electrons. The number of nitrogens with one attached hydrogen (secondary N) is 1. The lowest BCUT2D eigenvalue weighted by Gasteiger charge is -2.27. The first kappa shape index (κ1) is 17.4. The molecule has 0 aliphatic carbocycles. The Morgan fingerprint density at radius 1 is 1.48 bits per heavy atom. The lowest BCUT2D eigenvalue weighted by molar-refractivity contribution is -0.121. The zero-order valence-electron chi connectivity index (χ0n) is 12.9. The van der Waals surface area contributed by atoms with E-state index in [1.54, 1.807) is 19.2 Å². The number of methoxy groups -OCH3 is 1. The molecule has 1 aromatic rings. The predicted molar refractivity (Wildman–Crippen MR) is 84.2 cm³/mol. The van der Waals surface area contributed by atoms with E-state index >= 15 is 0 Å². The topological polar surface area (TPSA) is 87.8 Å². The predicted octanol–water partition coefficient (Wildman–Crippen LogP) is 0.845. The van der Waals surface area contributed by atoms with Crippen molar-refractivity contribution in [1.82, 2.24) is 4.90 Å². The van der Waals surface area contributed by atoms with Crippen LogP contribution in [0.5, 0.6) is 0 Å². The van der Waals surface area contributed by atoms with Crippen LogP contribution in [-0.2, 0) is 9.53 Å². The molecule has 1 atom stereocenters. The Balaban J connectivity index is 2.71. The molecular formula is C15H25N3O3. The molecule has 0 saturated heterocycles. The molecule has 1 aromatic carbocycles. The highest BCUT2D eigenvalue weighted by Gasteiger charge is 2.21. The fourth-order valence-electron chi connectivity index (χ4n) is 2.07. The number of carbonyl (C=O) groups excluding carboxylic acids is 1. The summed E-state index contributed by atoms with van der Waals surface area (Å²) in [7, 11) is 1.61. The van der Waals surface area contributed by atoms with Crippen LogP contribution in [0.2, 0.25) is 0 Å². The number of aryl methyl sites for hydroxylation is 1. The molecule has 0 spiro atoms. The smallest absolute Gasteiger partial charge is 0.241 e. The number of aliphatic hydroxyl groups is 1. The summed E-state index contributed by atoms with van der Waals surface area (Å²) in [6.45, 7) is 5.24. The summed E-state index contributed by atoms with van der Waals surface area (Å²) >= 11 is 0. The number of anilines is 2. The van der Waals surface area contributed by atoms with Crippen LogP contribution in [0.3, 0.4) is 0 Å². The monoisotopic (exact) mass is 295 g/mol. The summed E-state index contributed by atoms with van der Waals surface area (Å²) in [6.07, 6.45) is 0. The van der Waals surface area contributed by atoms with E-state index in [1.165, 1.54) is 0 Å². The van der Waals surface area contributed by atoms with Crippen LogP contribution in [0.4, 0.5) is 11.4 Å². The minimum atomic E-state index is -0.357. The largest absolute Gasteiger partial charge is 0.399 e. The Hall–Kier alpha value is -1.63. The van der Waals surface area contributed by atoms with Crippen LogP contribution < -0.4 is 11.1 Å². The van der Waals surface area contributed by atoms with E-state index in [2.05, 4.69) is 5.32 Å². The van der Waals surface area contributed by atoms with Gasteiger partial charge >= 0.3 is 0 Å². The van der Waals surface area contributed by atoms with E-state index < -0.39 is 0 Å². The molecule has 1 unspecified atom stereocenters. The van der Waals surface area contributed by atoms with Gasteiger partial charge in [0, 0.05) is 31.6 Å². The Kier molecular flexibility index (Phi) is 7.14. The summed E-state index contributed by atoms with van der Waals surface area (Å²) < 4.78 is 5.03. The van der Waals surface area contributed by atoms with Crippen molar-refractivity contribution in [2.24, 2.45) is 0 Å². The number of ether oxygens (including phenoxy) is 1. The number of benzene rings is 1. The van der Waals surface area contributed by atoms with E-state index in [4.69, 9.17) is 15.6 Å². The molecule has 4 N–H and O–H groups in total. The van der Waals surface area contributed by atoms with Gasteiger partial charge in [-0.2, -0.15) is 0 Å². The molecule has 0 aromatic heterocycles. The molecule has 1 rings (SSSR count). The van der Waals surface area contributed by atoms with Gasteiger partial charge in [-0.1, -0.05) is 0 Å². The van der Waals surface area contributed by atoms with E-state index in [1.807, 2.05) is 24.8 Å². The summed E-state index contributed by atoms with van der Waals surface area (Å²) in [6, 6.07) is 5.01. The van der Waals surface area contributed by atoms with Crippen molar-refractivity contribution in [1.29, 1.82) is 0 Å². The van der Waals surface area contributed by atoms with Gasteiger partial charge in [-0.3, -0.25) is 9.69 Å². The SMILES string of the molecule is COCCN(CCO)C(C)C(=O)Nc1ccc(N)cc1C. The van der Waals surface area contributed by atoms with Gasteiger partial charge in [0.1, 0.15) is 0 Å². The highest BCUT2D eigenvalue weighted by molar-refractivity contribution is 5.95. The van der Waals surface area contributed by atoms with E-state index in [0.29, 0.717) is 25.4 Å². The number of nitrogens with two attached hydrogens (primary N) is 1. The maximum atomic E-state index is 12.3. The van der Waals surface area contributed by atoms with Crippen molar-refractivity contribution in [2.45, 2.75) is 19.9 Å². The molecule has 0 saturated carbocycles. The molecule has 0 bridgehead atoms. The third-order valence-electron chi connectivity index (χ3n) is 3.41. The third-order valence-corrected chi connectivity index (χ3v) is 3.41. The minimum absolute atomic E-state index is 0.00221. The second-order valence-corrected chi connectivity index (χ2v) is 4.99. The number of nitrogens with zero attached hydrogens (tertiary/aromatic N) is 1. The number of aliphatic hydroxyl groups excluding tert-OH is 1. The second-order valence-electron chi connectivity index (χ2n) is 4.99. The van der Waals surface area contributed by atoms with E-state index in [0.717, 1.165) is 11.3 Å². The lowest BCUT2D eigenvalue weighted by Crippen LogP contribution is -2.45. The van der Waals surface area contributed by atoms with Gasteiger partial charge in [0.05, 0.1) is 19.3 Å². The van der Waals surface area contributed by atoms with Gasteiger partial charge in [-0.25, -0.2) is 0 Å². The fourth-order valence-corrected chi connectivity index (χ4v) is 2.07. The zero-order chi connectivity index (χ0) is 15.8. The van der Waals surface area contributed by atoms with Crippen LogP contribution in [0.25, 0.3) is 0 Å². The number of carbonyl (C=O) groups is 1. The van der Waals surface area contributed by atoms with E-state index in [-0.39, 0.29) is 18.6 Å². The highest BCUT2D eigenvalue weighted by Crippen LogP contribution is 2.18. The van der Waals surface area contributed by atoms with Gasteiger partial charge in [-0.15, -0.1) is 0 Å². The maximum Gasteiger partial charge on any atom is 0.241 e. The van der Waals surface area contributed by atoms with Gasteiger partial charge in [0.15, 0.2) is 0 Å². The normalized spacial score (nSPS) is 12.4. The molecule has 6 heteroatoms. The highest BCUT2D eigenvalue weighted by atomic mass is 16.5. The van der Waals surface area contributed by atoms with Crippen molar-refractivity contribution in [3.8, 4) is 0 Å². The number of nitrogen functional groups attached to an aromatic ring is 1. The van der Waals surface area contributed by atoms with Crippen LogP contribution >= 0.6 is 0 Å².